The SMILES string of the molecule is CCCCCCCCCCCCCCCCCCCCCCCCCCCCCCCCCCCNCCCCNCCCCCCCCCCCCCCCCCC(=O)O. The van der Waals surface area contributed by atoms with E-state index in [1.165, 1.54) is 334 Å². The number of hydrogen-bond donors (Lipinski definition) is 3. The van der Waals surface area contributed by atoms with Gasteiger partial charge in [-0.1, -0.05) is 296 Å². The number of hydrogen-bond acceptors (Lipinski definition) is 3. The van der Waals surface area contributed by atoms with Gasteiger partial charge in [0.1, 0.15) is 0 Å². The van der Waals surface area contributed by atoms with E-state index in [1.54, 1.807) is 0 Å². The van der Waals surface area contributed by atoms with Crippen molar-refractivity contribution < 1.29 is 9.90 Å². The highest BCUT2D eigenvalue weighted by molar-refractivity contribution is 5.66. The first-order chi connectivity index (χ1) is 30.3. The van der Waals surface area contributed by atoms with Crippen LogP contribution < -0.4 is 10.6 Å². The van der Waals surface area contributed by atoms with Gasteiger partial charge in [-0.05, 0) is 58.3 Å². The Bertz CT molecular complexity index is 774. The molecule has 0 aromatic heterocycles. The molecule has 0 heterocycles. The number of carboxylic acids is 1. The lowest BCUT2D eigenvalue weighted by Crippen LogP contribution is -2.20. The number of unbranched alkanes of at least 4 members (excludes halogenated alkanes) is 47. The molecular weight excluding hydrogens is 745 g/mol. The summed E-state index contributed by atoms with van der Waals surface area (Å²) in [5.74, 6) is -0.650. The van der Waals surface area contributed by atoms with E-state index in [0.29, 0.717) is 6.42 Å². The van der Waals surface area contributed by atoms with Crippen LogP contribution in [0, 0.1) is 0 Å². The number of aliphatic carboxylic acids is 1. The number of carboxylic acid groups (broad SMARTS) is 1. The van der Waals surface area contributed by atoms with Crippen LogP contribution in [0.3, 0.4) is 0 Å². The monoisotopic (exact) mass is 861 g/mol. The first-order valence-electron chi connectivity index (χ1n) is 28.9. The Hall–Kier alpha value is -0.610. The van der Waals surface area contributed by atoms with Crippen molar-refractivity contribution in [3.05, 3.63) is 0 Å². The summed E-state index contributed by atoms with van der Waals surface area (Å²) >= 11 is 0. The van der Waals surface area contributed by atoms with Crippen LogP contribution in [0.15, 0.2) is 0 Å². The number of carbonyl (C=O) groups is 1. The Morgan fingerprint density at radius 1 is 0.246 bits per heavy atom. The van der Waals surface area contributed by atoms with Crippen LogP contribution in [0.25, 0.3) is 0 Å². The second-order valence-electron chi connectivity index (χ2n) is 20.0. The predicted molar refractivity (Wildman–Crippen MR) is 275 cm³/mol. The van der Waals surface area contributed by atoms with Crippen molar-refractivity contribution in [2.75, 3.05) is 26.2 Å². The molecule has 0 aliphatic heterocycles. The van der Waals surface area contributed by atoms with E-state index in [9.17, 15) is 4.79 Å². The molecule has 0 saturated carbocycles. The molecule has 0 fully saturated rings. The topological polar surface area (TPSA) is 61.4 Å². The minimum atomic E-state index is -0.650. The lowest BCUT2D eigenvalue weighted by atomic mass is 10.0. The quantitative estimate of drug-likeness (QED) is 0.0533. The zero-order valence-electron chi connectivity index (χ0n) is 42.2. The highest BCUT2D eigenvalue weighted by Crippen LogP contribution is 2.18. The summed E-state index contributed by atoms with van der Waals surface area (Å²) in [6.07, 6.45) is 71.2. The van der Waals surface area contributed by atoms with Crippen LogP contribution in [0.4, 0.5) is 0 Å². The van der Waals surface area contributed by atoms with E-state index >= 15 is 0 Å². The molecule has 0 unspecified atom stereocenters. The second kappa shape index (κ2) is 57.4. The van der Waals surface area contributed by atoms with E-state index in [2.05, 4.69) is 17.6 Å². The largest absolute Gasteiger partial charge is 0.481 e. The van der Waals surface area contributed by atoms with E-state index in [0.717, 1.165) is 12.8 Å². The Balaban J connectivity index is 3.06. The molecule has 0 aliphatic rings. The molecule has 0 spiro atoms. The summed E-state index contributed by atoms with van der Waals surface area (Å²) in [6.45, 7) is 7.10. The van der Waals surface area contributed by atoms with Crippen molar-refractivity contribution in [3.8, 4) is 0 Å². The molecular formula is C57H116N2O2. The van der Waals surface area contributed by atoms with Gasteiger partial charge in [-0.3, -0.25) is 4.79 Å². The number of rotatable bonds is 57. The molecule has 61 heavy (non-hydrogen) atoms. The Labute approximate surface area is 385 Å². The maximum Gasteiger partial charge on any atom is 0.303 e. The van der Waals surface area contributed by atoms with Gasteiger partial charge >= 0.3 is 5.97 Å². The summed E-state index contributed by atoms with van der Waals surface area (Å²) in [4.78, 5) is 10.5. The minimum Gasteiger partial charge on any atom is -0.481 e. The molecule has 4 nitrogen and oxygen atoms in total. The standard InChI is InChI=1S/C57H116N2O2/c1-2-3-4-5-6-7-8-9-10-11-12-13-14-15-16-17-18-19-20-21-22-23-24-25-26-27-30-33-36-39-42-45-48-53-58-55-50-51-56-59-54-49-46-43-40-37-34-31-28-29-32-35-38-41-44-47-52-57(60)61/h58-59H,2-56H2,1H3,(H,60,61). The fraction of sp³-hybridized carbons (Fsp3) is 0.982. The maximum absolute atomic E-state index is 10.5. The molecule has 0 aromatic rings. The fourth-order valence-electron chi connectivity index (χ4n) is 9.38. The zero-order valence-corrected chi connectivity index (χ0v) is 42.2. The lowest BCUT2D eigenvalue weighted by Gasteiger charge is -2.07. The predicted octanol–water partition coefficient (Wildman–Crippen LogP) is 19.2. The van der Waals surface area contributed by atoms with Crippen molar-refractivity contribution in [1.29, 1.82) is 0 Å². The van der Waals surface area contributed by atoms with E-state index in [-0.39, 0.29) is 0 Å². The van der Waals surface area contributed by atoms with Crippen molar-refractivity contribution in [1.82, 2.24) is 10.6 Å². The summed E-state index contributed by atoms with van der Waals surface area (Å²) in [6, 6.07) is 0. The first kappa shape index (κ1) is 60.4. The normalized spacial score (nSPS) is 11.6. The molecule has 0 bridgehead atoms. The third-order valence-corrected chi connectivity index (χ3v) is 13.7. The second-order valence-corrected chi connectivity index (χ2v) is 20.0. The average molecular weight is 862 g/mol. The zero-order chi connectivity index (χ0) is 43.9. The van der Waals surface area contributed by atoms with Crippen LogP contribution >= 0.6 is 0 Å². The lowest BCUT2D eigenvalue weighted by molar-refractivity contribution is -0.137. The van der Waals surface area contributed by atoms with E-state index in [4.69, 9.17) is 5.11 Å². The Morgan fingerprint density at radius 3 is 0.574 bits per heavy atom. The van der Waals surface area contributed by atoms with Crippen molar-refractivity contribution in [2.24, 2.45) is 0 Å². The minimum absolute atomic E-state index is 0.342. The Morgan fingerprint density at radius 2 is 0.393 bits per heavy atom. The third-order valence-electron chi connectivity index (χ3n) is 13.7. The smallest absolute Gasteiger partial charge is 0.303 e. The number of nitrogens with one attached hydrogen (secondary N) is 2. The van der Waals surface area contributed by atoms with Crippen LogP contribution in [-0.2, 0) is 4.79 Å². The van der Waals surface area contributed by atoms with Gasteiger partial charge in [0, 0.05) is 6.42 Å². The van der Waals surface area contributed by atoms with Crippen LogP contribution in [-0.4, -0.2) is 37.3 Å². The van der Waals surface area contributed by atoms with Gasteiger partial charge in [0.25, 0.3) is 0 Å². The van der Waals surface area contributed by atoms with Gasteiger partial charge in [0.2, 0.25) is 0 Å². The molecule has 0 amide bonds. The summed E-state index contributed by atoms with van der Waals surface area (Å²) in [7, 11) is 0. The molecule has 0 atom stereocenters. The average Bonchev–Trinajstić information content (AvgIpc) is 3.26. The highest BCUT2D eigenvalue weighted by Gasteiger charge is 2.00. The van der Waals surface area contributed by atoms with Crippen molar-refractivity contribution in [2.45, 2.75) is 334 Å². The molecule has 3 N–H and O–H groups in total. The molecule has 366 valence electrons. The first-order valence-corrected chi connectivity index (χ1v) is 28.9. The molecule has 0 aromatic carbocycles. The Kier molecular flexibility index (Phi) is 56.8. The van der Waals surface area contributed by atoms with Gasteiger partial charge in [0.15, 0.2) is 0 Å². The molecule has 0 saturated heterocycles. The van der Waals surface area contributed by atoms with E-state index in [1.807, 2.05) is 0 Å². The van der Waals surface area contributed by atoms with Crippen molar-refractivity contribution in [3.63, 3.8) is 0 Å². The highest BCUT2D eigenvalue weighted by atomic mass is 16.4. The molecule has 0 aliphatic carbocycles. The van der Waals surface area contributed by atoms with Crippen LogP contribution in [0.5, 0.6) is 0 Å². The summed E-state index contributed by atoms with van der Waals surface area (Å²) < 4.78 is 0. The van der Waals surface area contributed by atoms with E-state index < -0.39 is 5.97 Å². The van der Waals surface area contributed by atoms with Crippen LogP contribution in [0.2, 0.25) is 0 Å². The third kappa shape index (κ3) is 59.4. The molecule has 0 rings (SSSR count). The fourth-order valence-corrected chi connectivity index (χ4v) is 9.38. The van der Waals surface area contributed by atoms with Crippen molar-refractivity contribution >= 4 is 5.97 Å². The maximum atomic E-state index is 10.5. The van der Waals surface area contributed by atoms with Gasteiger partial charge in [0.05, 0.1) is 0 Å². The van der Waals surface area contributed by atoms with Gasteiger partial charge < -0.3 is 15.7 Å². The molecule has 0 radical (unpaired) electrons. The van der Waals surface area contributed by atoms with Gasteiger partial charge in [-0.15, -0.1) is 0 Å². The summed E-state index contributed by atoms with van der Waals surface area (Å²) in [5.41, 5.74) is 0. The van der Waals surface area contributed by atoms with Crippen LogP contribution in [0.1, 0.15) is 334 Å². The molecule has 4 heteroatoms. The van der Waals surface area contributed by atoms with Gasteiger partial charge in [-0.25, -0.2) is 0 Å². The van der Waals surface area contributed by atoms with Gasteiger partial charge in [-0.2, -0.15) is 0 Å². The summed E-state index contributed by atoms with van der Waals surface area (Å²) in [5, 5.41) is 16.0.